The van der Waals surface area contributed by atoms with Gasteiger partial charge in [-0.1, -0.05) is 72.7 Å². The third kappa shape index (κ3) is 4.46. The molecule has 3 aliphatic rings. The first-order valence-corrected chi connectivity index (χ1v) is 15.1. The monoisotopic (exact) mass is 584 g/mol. The lowest BCUT2D eigenvalue weighted by Gasteiger charge is -2.19. The van der Waals surface area contributed by atoms with Crippen LogP contribution in [-0.2, 0) is 14.3 Å². The molecule has 7 nitrogen and oxygen atoms in total. The van der Waals surface area contributed by atoms with Crippen LogP contribution >= 0.6 is 0 Å². The van der Waals surface area contributed by atoms with Crippen LogP contribution in [0, 0.1) is 30.6 Å². The number of amides is 2. The fourth-order valence-corrected chi connectivity index (χ4v) is 7.27. The first-order chi connectivity index (χ1) is 21.2. The second-order valence-electron chi connectivity index (χ2n) is 12.1. The van der Waals surface area contributed by atoms with Crippen LogP contribution < -0.4 is 4.90 Å². The Bertz CT molecular complexity index is 1880. The van der Waals surface area contributed by atoms with Crippen molar-refractivity contribution >= 4 is 40.2 Å². The van der Waals surface area contributed by atoms with Crippen molar-refractivity contribution in [3.8, 4) is 11.3 Å². The molecule has 5 unspecified atom stereocenters. The average Bonchev–Trinajstić information content (AvgIpc) is 3.68. The maximum Gasteiger partial charge on any atom is 0.339 e. The van der Waals surface area contributed by atoms with E-state index in [1.807, 2.05) is 50.2 Å². The standard InChI is InChI=1S/C37H32N2O5/c1-4-31(34(40)23-8-6-5-7-9-23)44-37(43)28-19-30(38-29-15-10-20(2)16-27(28)29)22-11-13-25(14-12-22)39-35(41)32-24-17-21(3)26(18-24)33(32)36(39)42/h5-17,19,24,26,31-33H,4,18H2,1-3H3. The van der Waals surface area contributed by atoms with Gasteiger partial charge in [0.25, 0.3) is 0 Å². The first kappa shape index (κ1) is 27.9. The van der Waals surface area contributed by atoms with Crippen LogP contribution in [0.15, 0.2) is 90.5 Å². The van der Waals surface area contributed by atoms with Crippen LogP contribution in [0.1, 0.15) is 53.0 Å². The summed E-state index contributed by atoms with van der Waals surface area (Å²) in [7, 11) is 0. The molecule has 3 aromatic carbocycles. The Morgan fingerprint density at radius 3 is 2.39 bits per heavy atom. The molecule has 7 heteroatoms. The van der Waals surface area contributed by atoms with Crippen molar-refractivity contribution in [3.05, 3.63) is 107 Å². The van der Waals surface area contributed by atoms with Crippen LogP contribution in [0.4, 0.5) is 5.69 Å². The van der Waals surface area contributed by atoms with Gasteiger partial charge in [-0.2, -0.15) is 0 Å². The number of pyridine rings is 1. The lowest BCUT2D eigenvalue weighted by atomic mass is 9.82. The van der Waals surface area contributed by atoms with Crippen molar-refractivity contribution < 1.29 is 23.9 Å². The molecule has 0 spiro atoms. The van der Waals surface area contributed by atoms with Gasteiger partial charge in [0.15, 0.2) is 6.10 Å². The zero-order chi connectivity index (χ0) is 30.7. The molecule has 4 aromatic rings. The van der Waals surface area contributed by atoms with Crippen LogP contribution in [0.25, 0.3) is 22.2 Å². The van der Waals surface area contributed by atoms with Gasteiger partial charge >= 0.3 is 5.97 Å². The first-order valence-electron chi connectivity index (χ1n) is 15.1. The average molecular weight is 585 g/mol. The van der Waals surface area contributed by atoms with Gasteiger partial charge in [0, 0.05) is 16.5 Å². The number of allylic oxidation sites excluding steroid dienone is 2. The fourth-order valence-electron chi connectivity index (χ4n) is 7.27. The fraction of sp³-hybridized carbons (Fsp3) is 0.270. The highest BCUT2D eigenvalue weighted by molar-refractivity contribution is 6.23. The van der Waals surface area contributed by atoms with E-state index >= 15 is 0 Å². The third-order valence-corrected chi connectivity index (χ3v) is 9.46. The summed E-state index contributed by atoms with van der Waals surface area (Å²) in [6, 6.07) is 23.3. The summed E-state index contributed by atoms with van der Waals surface area (Å²) in [5.41, 5.74) is 5.39. The predicted molar refractivity (Wildman–Crippen MR) is 167 cm³/mol. The molecule has 5 atom stereocenters. The molecule has 1 saturated heterocycles. The minimum Gasteiger partial charge on any atom is -0.450 e. The van der Waals surface area contributed by atoms with Gasteiger partial charge in [0.1, 0.15) is 0 Å². The largest absolute Gasteiger partial charge is 0.450 e. The van der Waals surface area contributed by atoms with Crippen LogP contribution in [0.3, 0.4) is 0 Å². The molecule has 2 fully saturated rings. The lowest BCUT2D eigenvalue weighted by Crippen LogP contribution is -2.32. The number of aromatic nitrogens is 1. The van der Waals surface area contributed by atoms with E-state index in [4.69, 9.17) is 9.72 Å². The second-order valence-corrected chi connectivity index (χ2v) is 12.1. The van der Waals surface area contributed by atoms with Gasteiger partial charge in [0.05, 0.1) is 34.3 Å². The van der Waals surface area contributed by atoms with E-state index in [-0.39, 0.29) is 41.3 Å². The maximum absolute atomic E-state index is 13.6. The lowest BCUT2D eigenvalue weighted by molar-refractivity contribution is -0.123. The number of anilines is 1. The third-order valence-electron chi connectivity index (χ3n) is 9.46. The number of rotatable bonds is 7. The van der Waals surface area contributed by atoms with Gasteiger partial charge in [0.2, 0.25) is 17.6 Å². The van der Waals surface area contributed by atoms with Crippen molar-refractivity contribution in [2.45, 2.75) is 39.7 Å². The summed E-state index contributed by atoms with van der Waals surface area (Å²) in [5.74, 6) is -1.32. The minimum absolute atomic E-state index is 0.118. The van der Waals surface area contributed by atoms with Crippen LogP contribution in [0.5, 0.6) is 0 Å². The molecular weight excluding hydrogens is 552 g/mol. The number of nitrogens with zero attached hydrogens (tertiary/aromatic N) is 2. The van der Waals surface area contributed by atoms with Gasteiger partial charge in [-0.3, -0.25) is 19.3 Å². The Morgan fingerprint density at radius 2 is 1.66 bits per heavy atom. The Labute approximate surface area is 255 Å². The topological polar surface area (TPSA) is 93.6 Å². The van der Waals surface area contributed by atoms with E-state index in [2.05, 4.69) is 13.0 Å². The molecule has 1 saturated carbocycles. The summed E-state index contributed by atoms with van der Waals surface area (Å²) >= 11 is 0. The molecule has 44 heavy (non-hydrogen) atoms. The molecule has 1 aliphatic heterocycles. The molecule has 2 amide bonds. The van der Waals surface area contributed by atoms with E-state index in [9.17, 15) is 19.2 Å². The number of hydrogen-bond donors (Lipinski definition) is 0. The summed E-state index contributed by atoms with van der Waals surface area (Å²) in [4.78, 5) is 59.7. The molecule has 7 rings (SSSR count). The summed E-state index contributed by atoms with van der Waals surface area (Å²) in [6.45, 7) is 5.81. The number of ether oxygens (including phenoxy) is 1. The zero-order valence-corrected chi connectivity index (χ0v) is 24.8. The Balaban J connectivity index is 1.19. The molecule has 1 aromatic heterocycles. The molecule has 220 valence electrons. The Morgan fingerprint density at radius 1 is 0.932 bits per heavy atom. The number of hydrogen-bond acceptors (Lipinski definition) is 6. The number of carbonyl (C=O) groups excluding carboxylic acids is 4. The van der Waals surface area contributed by atoms with Crippen molar-refractivity contribution in [2.75, 3.05) is 4.90 Å². The molecular formula is C37H32N2O5. The predicted octanol–water partition coefficient (Wildman–Crippen LogP) is 6.73. The number of carbonyl (C=O) groups is 4. The SMILES string of the molecule is CCC(OC(=O)c1cc(-c2ccc(N3C(=O)C4C5C=C(C)C(C5)C4C3=O)cc2)nc2ccc(C)cc12)C(=O)c1ccccc1. The van der Waals surface area contributed by atoms with E-state index in [1.54, 1.807) is 42.5 Å². The van der Waals surface area contributed by atoms with Gasteiger partial charge in [-0.05, 0) is 68.9 Å². The Hall–Kier alpha value is -4.91. The quantitative estimate of drug-likeness (QED) is 0.104. The second kappa shape index (κ2) is 10.7. The number of aryl methyl sites for hydroxylation is 1. The minimum atomic E-state index is -0.926. The molecule has 2 bridgehead atoms. The highest BCUT2D eigenvalue weighted by atomic mass is 16.5. The summed E-state index contributed by atoms with van der Waals surface area (Å²) in [5, 5.41) is 0.635. The highest BCUT2D eigenvalue weighted by Gasteiger charge is 2.60. The summed E-state index contributed by atoms with van der Waals surface area (Å²) in [6.07, 6.45) is 2.47. The number of Topliss-reactive ketones (excluding diaryl/α,β-unsaturated/α-hetero) is 1. The van der Waals surface area contributed by atoms with Crippen LogP contribution in [-0.4, -0.2) is 34.7 Å². The van der Waals surface area contributed by atoms with Crippen molar-refractivity contribution in [3.63, 3.8) is 0 Å². The normalized spacial score (nSPS) is 22.7. The van der Waals surface area contributed by atoms with E-state index in [0.717, 1.165) is 17.5 Å². The number of benzene rings is 3. The van der Waals surface area contributed by atoms with Crippen molar-refractivity contribution in [1.82, 2.24) is 4.98 Å². The highest BCUT2D eigenvalue weighted by Crippen LogP contribution is 2.56. The molecule has 2 aliphatic carbocycles. The number of imide groups is 1. The maximum atomic E-state index is 13.6. The summed E-state index contributed by atoms with van der Waals surface area (Å²) < 4.78 is 5.81. The van der Waals surface area contributed by atoms with Crippen molar-refractivity contribution in [1.29, 1.82) is 0 Å². The Kier molecular flexibility index (Phi) is 6.76. The number of esters is 1. The number of ketones is 1. The van der Waals surface area contributed by atoms with Crippen LogP contribution in [0.2, 0.25) is 0 Å². The molecule has 0 radical (unpaired) electrons. The smallest absolute Gasteiger partial charge is 0.339 e. The van der Waals surface area contributed by atoms with Crippen molar-refractivity contribution in [2.24, 2.45) is 23.7 Å². The van der Waals surface area contributed by atoms with E-state index in [1.165, 1.54) is 10.5 Å². The molecule has 0 N–H and O–H groups in total. The van der Waals surface area contributed by atoms with E-state index in [0.29, 0.717) is 39.8 Å². The van der Waals surface area contributed by atoms with Gasteiger partial charge in [-0.25, -0.2) is 9.78 Å². The van der Waals surface area contributed by atoms with Gasteiger partial charge < -0.3 is 4.74 Å². The van der Waals surface area contributed by atoms with E-state index < -0.39 is 12.1 Å². The zero-order valence-electron chi connectivity index (χ0n) is 24.8. The molecule has 2 heterocycles. The van der Waals surface area contributed by atoms with Gasteiger partial charge in [-0.15, -0.1) is 0 Å². The number of fused-ring (bicyclic) bond motifs is 6.